The fourth-order valence-corrected chi connectivity index (χ4v) is 4.60. The number of amides is 1. The molecule has 1 saturated heterocycles. The van der Waals surface area contributed by atoms with Gasteiger partial charge in [0.25, 0.3) is 5.91 Å². The topological polar surface area (TPSA) is 84.9 Å². The third-order valence-electron chi connectivity index (χ3n) is 4.54. The Bertz CT molecular complexity index is 936. The van der Waals surface area contributed by atoms with Crippen molar-refractivity contribution < 1.29 is 22.7 Å². The van der Waals surface area contributed by atoms with Crippen LogP contribution in [0.3, 0.4) is 0 Å². The van der Waals surface area contributed by atoms with Crippen molar-refractivity contribution in [2.75, 3.05) is 32.1 Å². The van der Waals surface area contributed by atoms with Crippen molar-refractivity contribution in [1.29, 1.82) is 0 Å². The lowest BCUT2D eigenvalue weighted by molar-refractivity contribution is 0.102. The van der Waals surface area contributed by atoms with Crippen LogP contribution in [-0.4, -0.2) is 45.4 Å². The van der Waals surface area contributed by atoms with Crippen LogP contribution in [0.15, 0.2) is 47.4 Å². The summed E-state index contributed by atoms with van der Waals surface area (Å²) in [5.74, 6) is 0.780. The van der Waals surface area contributed by atoms with Gasteiger partial charge in [0.15, 0.2) is 11.5 Å². The highest BCUT2D eigenvalue weighted by Crippen LogP contribution is 2.30. The lowest BCUT2D eigenvalue weighted by atomic mass is 10.2. The lowest BCUT2D eigenvalue weighted by Crippen LogP contribution is -2.27. The molecule has 0 saturated carbocycles. The van der Waals surface area contributed by atoms with Crippen LogP contribution in [0.2, 0.25) is 0 Å². The Labute approximate surface area is 165 Å². The predicted molar refractivity (Wildman–Crippen MR) is 107 cm³/mol. The zero-order chi connectivity index (χ0) is 20.1. The van der Waals surface area contributed by atoms with E-state index in [9.17, 15) is 13.2 Å². The molecule has 0 bridgehead atoms. The van der Waals surface area contributed by atoms with Crippen LogP contribution in [0.1, 0.15) is 30.1 Å². The molecule has 2 aromatic carbocycles. The highest BCUT2D eigenvalue weighted by atomic mass is 32.2. The van der Waals surface area contributed by atoms with Gasteiger partial charge in [-0.3, -0.25) is 4.79 Å². The third-order valence-corrected chi connectivity index (χ3v) is 6.45. The average molecular weight is 404 g/mol. The summed E-state index contributed by atoms with van der Waals surface area (Å²) < 4.78 is 37.3. The first-order valence-electron chi connectivity index (χ1n) is 9.18. The zero-order valence-electron chi connectivity index (χ0n) is 16.0. The largest absolute Gasteiger partial charge is 0.493 e. The van der Waals surface area contributed by atoms with Gasteiger partial charge in [-0.1, -0.05) is 0 Å². The van der Waals surface area contributed by atoms with E-state index in [1.165, 1.54) is 35.7 Å². The smallest absolute Gasteiger partial charge is 0.255 e. The van der Waals surface area contributed by atoms with Crippen molar-refractivity contribution in [1.82, 2.24) is 4.31 Å². The maximum Gasteiger partial charge on any atom is 0.255 e. The SMILES string of the molecule is CCOc1ccc(NC(=O)c2ccc(S(=O)(=O)N3CCCC3)cc2)cc1OC. The van der Waals surface area contributed by atoms with Crippen molar-refractivity contribution in [3.05, 3.63) is 48.0 Å². The van der Waals surface area contributed by atoms with Gasteiger partial charge < -0.3 is 14.8 Å². The molecule has 0 atom stereocenters. The Hall–Kier alpha value is -2.58. The lowest BCUT2D eigenvalue weighted by Gasteiger charge is -2.15. The molecule has 8 heteroatoms. The van der Waals surface area contributed by atoms with Gasteiger partial charge in [0.1, 0.15) is 0 Å². The number of benzene rings is 2. The fourth-order valence-electron chi connectivity index (χ4n) is 3.08. The number of methoxy groups -OCH3 is 1. The van der Waals surface area contributed by atoms with Crippen LogP contribution >= 0.6 is 0 Å². The fraction of sp³-hybridized carbons (Fsp3) is 0.350. The van der Waals surface area contributed by atoms with Crippen LogP contribution < -0.4 is 14.8 Å². The van der Waals surface area contributed by atoms with Crippen LogP contribution in [-0.2, 0) is 10.0 Å². The number of anilines is 1. The first kappa shape index (κ1) is 20.2. The van der Waals surface area contributed by atoms with Crippen molar-refractivity contribution in [3.63, 3.8) is 0 Å². The molecule has 2 aromatic rings. The van der Waals surface area contributed by atoms with Gasteiger partial charge in [0.05, 0.1) is 18.6 Å². The predicted octanol–water partition coefficient (Wildman–Crippen LogP) is 3.13. The Kier molecular flexibility index (Phi) is 6.21. The molecule has 1 amide bonds. The first-order chi connectivity index (χ1) is 13.5. The van der Waals surface area contributed by atoms with E-state index in [4.69, 9.17) is 9.47 Å². The minimum absolute atomic E-state index is 0.202. The third kappa shape index (κ3) is 4.28. The Morgan fingerprint density at radius 1 is 1.07 bits per heavy atom. The highest BCUT2D eigenvalue weighted by Gasteiger charge is 2.27. The van der Waals surface area contributed by atoms with Crippen molar-refractivity contribution in [2.45, 2.75) is 24.7 Å². The molecule has 3 rings (SSSR count). The number of carbonyl (C=O) groups is 1. The van der Waals surface area contributed by atoms with E-state index in [1.54, 1.807) is 18.2 Å². The average Bonchev–Trinajstić information content (AvgIpc) is 3.25. The molecule has 7 nitrogen and oxygen atoms in total. The van der Waals surface area contributed by atoms with Gasteiger partial charge in [0.2, 0.25) is 10.0 Å². The Morgan fingerprint density at radius 3 is 2.36 bits per heavy atom. The Morgan fingerprint density at radius 2 is 1.75 bits per heavy atom. The summed E-state index contributed by atoms with van der Waals surface area (Å²) in [6.07, 6.45) is 1.76. The van der Waals surface area contributed by atoms with Gasteiger partial charge in [-0.2, -0.15) is 4.31 Å². The summed E-state index contributed by atoms with van der Waals surface area (Å²) in [7, 11) is -1.96. The molecule has 150 valence electrons. The minimum atomic E-state index is -3.49. The van der Waals surface area contributed by atoms with Gasteiger partial charge in [0, 0.05) is 30.4 Å². The quantitative estimate of drug-likeness (QED) is 0.766. The van der Waals surface area contributed by atoms with Crippen LogP contribution in [0.25, 0.3) is 0 Å². The van der Waals surface area contributed by atoms with E-state index in [1.807, 2.05) is 6.92 Å². The molecule has 1 fully saturated rings. The van der Waals surface area contributed by atoms with Gasteiger partial charge >= 0.3 is 0 Å². The van der Waals surface area contributed by atoms with Crippen LogP contribution in [0.4, 0.5) is 5.69 Å². The van der Waals surface area contributed by atoms with Crippen LogP contribution in [0, 0.1) is 0 Å². The number of nitrogens with one attached hydrogen (secondary N) is 1. The summed E-state index contributed by atoms with van der Waals surface area (Å²) in [5.41, 5.74) is 0.923. The molecule has 28 heavy (non-hydrogen) atoms. The van der Waals surface area contributed by atoms with E-state index in [2.05, 4.69) is 5.32 Å². The molecule has 1 N–H and O–H groups in total. The highest BCUT2D eigenvalue weighted by molar-refractivity contribution is 7.89. The molecule has 0 aliphatic carbocycles. The van der Waals surface area contributed by atoms with Crippen molar-refractivity contribution in [3.8, 4) is 11.5 Å². The number of hydrogen-bond acceptors (Lipinski definition) is 5. The number of hydrogen-bond donors (Lipinski definition) is 1. The van der Waals surface area contributed by atoms with Crippen molar-refractivity contribution in [2.24, 2.45) is 0 Å². The summed E-state index contributed by atoms with van der Waals surface area (Å²) in [6.45, 7) is 3.48. The zero-order valence-corrected chi connectivity index (χ0v) is 16.8. The number of sulfonamides is 1. The molecular weight excluding hydrogens is 380 g/mol. The molecule has 0 spiro atoms. The summed E-state index contributed by atoms with van der Waals surface area (Å²) in [4.78, 5) is 12.7. The van der Waals surface area contributed by atoms with Gasteiger partial charge in [-0.05, 0) is 56.2 Å². The van der Waals surface area contributed by atoms with E-state index >= 15 is 0 Å². The molecule has 1 aliphatic rings. The molecule has 1 aliphatic heterocycles. The van der Waals surface area contributed by atoms with Gasteiger partial charge in [-0.15, -0.1) is 0 Å². The second kappa shape index (κ2) is 8.62. The second-order valence-electron chi connectivity index (χ2n) is 6.39. The maximum absolute atomic E-state index is 12.6. The van der Waals surface area contributed by atoms with E-state index < -0.39 is 10.0 Å². The van der Waals surface area contributed by atoms with Gasteiger partial charge in [-0.25, -0.2) is 8.42 Å². The normalized spacial score (nSPS) is 14.6. The number of nitrogens with zero attached hydrogens (tertiary/aromatic N) is 1. The minimum Gasteiger partial charge on any atom is -0.493 e. The van der Waals surface area contributed by atoms with E-state index in [-0.39, 0.29) is 10.8 Å². The van der Waals surface area contributed by atoms with E-state index in [0.717, 1.165) is 12.8 Å². The maximum atomic E-state index is 12.6. The number of carbonyl (C=O) groups excluding carboxylic acids is 1. The summed E-state index contributed by atoms with van der Waals surface area (Å²) in [6, 6.07) is 11.1. The number of ether oxygens (including phenoxy) is 2. The Balaban J connectivity index is 1.73. The second-order valence-corrected chi connectivity index (χ2v) is 8.33. The molecule has 1 heterocycles. The van der Waals surface area contributed by atoms with Crippen molar-refractivity contribution >= 4 is 21.6 Å². The van der Waals surface area contributed by atoms with Crippen LogP contribution in [0.5, 0.6) is 11.5 Å². The molecule has 0 radical (unpaired) electrons. The summed E-state index contributed by atoms with van der Waals surface area (Å²) in [5, 5.41) is 2.78. The monoisotopic (exact) mass is 404 g/mol. The molecular formula is C20H24N2O5S. The molecule has 0 unspecified atom stereocenters. The standard InChI is InChI=1S/C20H24N2O5S/c1-3-27-18-11-8-16(14-19(18)26-2)21-20(23)15-6-9-17(10-7-15)28(24,25)22-12-4-5-13-22/h6-11,14H,3-5,12-13H2,1-2H3,(H,21,23). The molecule has 0 aromatic heterocycles. The first-order valence-corrected chi connectivity index (χ1v) is 10.6. The summed E-state index contributed by atoms with van der Waals surface area (Å²) >= 11 is 0. The van der Waals surface area contributed by atoms with E-state index in [0.29, 0.717) is 42.4 Å². The number of rotatable bonds is 7.